The van der Waals surface area contributed by atoms with Gasteiger partial charge in [0.2, 0.25) is 0 Å². The van der Waals surface area contributed by atoms with Crippen molar-refractivity contribution in [1.82, 2.24) is 5.32 Å². The van der Waals surface area contributed by atoms with E-state index in [1.54, 1.807) is 12.4 Å². The zero-order valence-corrected chi connectivity index (χ0v) is 9.53. The molecule has 0 aliphatic rings. The monoisotopic (exact) mass is 241 g/mol. The van der Waals surface area contributed by atoms with Gasteiger partial charge in [0.05, 0.1) is 5.69 Å². The number of amidine groups is 1. The van der Waals surface area contributed by atoms with Crippen LogP contribution in [0.15, 0.2) is 17.1 Å². The van der Waals surface area contributed by atoms with Crippen molar-refractivity contribution in [3.63, 3.8) is 0 Å². The largest absolute Gasteiger partial charge is 0.271 e. The molecule has 0 unspecified atom stereocenters. The Hall–Kier alpha value is -1.61. The summed E-state index contributed by atoms with van der Waals surface area (Å²) in [6.07, 6.45) is 3.40. The molecule has 0 saturated heterocycles. The molecule has 1 aromatic rings. The first-order valence-electron chi connectivity index (χ1n) is 4.32. The molecule has 0 saturated carbocycles. The summed E-state index contributed by atoms with van der Waals surface area (Å²) in [6.45, 7) is 1.50. The molecule has 0 aliphatic carbocycles. The van der Waals surface area contributed by atoms with Crippen LogP contribution >= 0.6 is 11.8 Å². The Bertz CT molecular complexity index is 466. The van der Waals surface area contributed by atoms with Crippen molar-refractivity contribution in [3.05, 3.63) is 29.3 Å². The van der Waals surface area contributed by atoms with Crippen LogP contribution in [0.2, 0.25) is 0 Å². The van der Waals surface area contributed by atoms with Gasteiger partial charge >= 0.3 is 0 Å². The Balaban J connectivity index is 3.18. The lowest BCUT2D eigenvalue weighted by atomic mass is 10.2. The summed E-state index contributed by atoms with van der Waals surface area (Å²) in [7, 11) is 0. The second kappa shape index (κ2) is 5.47. The highest BCUT2D eigenvalue weighted by Gasteiger charge is 2.07. The van der Waals surface area contributed by atoms with Gasteiger partial charge in [0, 0.05) is 17.7 Å². The predicted octanol–water partition coefficient (Wildman–Crippen LogP) is 2.69. The molecule has 1 N–H and O–H groups in total. The van der Waals surface area contributed by atoms with Crippen LogP contribution in [0.3, 0.4) is 0 Å². The molecule has 1 rings (SSSR count). The van der Waals surface area contributed by atoms with Crippen molar-refractivity contribution in [2.24, 2.45) is 4.99 Å². The summed E-state index contributed by atoms with van der Waals surface area (Å²) in [4.78, 5) is 3.95. The highest BCUT2D eigenvalue weighted by molar-refractivity contribution is 8.13. The molecule has 0 amide bonds. The fourth-order valence-corrected chi connectivity index (χ4v) is 1.37. The summed E-state index contributed by atoms with van der Waals surface area (Å²) in [5.41, 5.74) is 0.414. The van der Waals surface area contributed by atoms with Gasteiger partial charge in [-0.25, -0.2) is 13.8 Å². The maximum atomic E-state index is 13.2. The number of thioether (sulfide) groups is 1. The van der Waals surface area contributed by atoms with Crippen LogP contribution in [-0.4, -0.2) is 11.4 Å². The molecule has 16 heavy (non-hydrogen) atoms. The minimum Gasteiger partial charge on any atom is -0.271 e. The first kappa shape index (κ1) is 12.5. The topological polar surface area (TPSA) is 48.2 Å². The molecule has 84 valence electrons. The fourth-order valence-electron chi connectivity index (χ4n) is 1.03. The maximum absolute atomic E-state index is 13.2. The summed E-state index contributed by atoms with van der Waals surface area (Å²) in [5, 5.41) is 11.0. The average molecular weight is 241 g/mol. The van der Waals surface area contributed by atoms with E-state index < -0.39 is 11.6 Å². The Morgan fingerprint density at radius 2 is 2.19 bits per heavy atom. The number of hydrogen-bond donors (Lipinski definition) is 1. The van der Waals surface area contributed by atoms with Gasteiger partial charge in [-0.05, 0) is 13.2 Å². The molecule has 0 heterocycles. The number of benzene rings is 1. The highest BCUT2D eigenvalue weighted by atomic mass is 32.2. The van der Waals surface area contributed by atoms with Crippen LogP contribution < -0.4 is 5.32 Å². The lowest BCUT2D eigenvalue weighted by Crippen LogP contribution is -2.12. The van der Waals surface area contributed by atoms with Gasteiger partial charge in [0.1, 0.15) is 11.6 Å². The third-order valence-corrected chi connectivity index (χ3v) is 2.44. The molecule has 0 aliphatic heterocycles. The van der Waals surface area contributed by atoms with E-state index >= 15 is 0 Å². The Morgan fingerprint density at radius 3 is 2.75 bits per heavy atom. The Labute approximate surface area is 96.2 Å². The highest BCUT2D eigenvalue weighted by Crippen LogP contribution is 2.23. The van der Waals surface area contributed by atoms with E-state index in [2.05, 4.69) is 10.3 Å². The number of nitrogens with one attached hydrogen (secondary N) is 1. The SMILES string of the molecule is CSC(=Nc1cc(F)cc(F)c1C)NC#N. The molecule has 6 heteroatoms. The van der Waals surface area contributed by atoms with Crippen molar-refractivity contribution in [2.45, 2.75) is 6.92 Å². The van der Waals surface area contributed by atoms with E-state index in [-0.39, 0.29) is 16.4 Å². The number of rotatable bonds is 1. The van der Waals surface area contributed by atoms with E-state index in [0.29, 0.717) is 0 Å². The maximum Gasteiger partial charge on any atom is 0.183 e. The zero-order valence-electron chi connectivity index (χ0n) is 8.71. The molecule has 0 radical (unpaired) electrons. The molecular formula is C10H9F2N3S. The fraction of sp³-hybridized carbons (Fsp3) is 0.200. The quantitative estimate of drug-likeness (QED) is 0.356. The van der Waals surface area contributed by atoms with Crippen LogP contribution in [0, 0.1) is 30.0 Å². The van der Waals surface area contributed by atoms with Gasteiger partial charge in [0.15, 0.2) is 11.4 Å². The second-order valence-corrected chi connectivity index (χ2v) is 3.68. The molecule has 1 aromatic carbocycles. The van der Waals surface area contributed by atoms with Gasteiger partial charge in [-0.2, -0.15) is 5.26 Å². The van der Waals surface area contributed by atoms with Gasteiger partial charge < -0.3 is 0 Å². The first-order valence-corrected chi connectivity index (χ1v) is 5.54. The minimum atomic E-state index is -0.695. The number of halogens is 2. The standard InChI is InChI=1S/C10H9F2N3S/c1-6-8(12)3-7(11)4-9(6)15-10(16-2)14-5-13/h3-4H,1-2H3,(H,14,15). The lowest BCUT2D eigenvalue weighted by Gasteiger charge is -2.04. The number of nitriles is 1. The lowest BCUT2D eigenvalue weighted by molar-refractivity contribution is 0.578. The minimum absolute atomic E-state index is 0.171. The van der Waals surface area contributed by atoms with Crippen molar-refractivity contribution in [1.29, 1.82) is 5.26 Å². The van der Waals surface area contributed by atoms with Gasteiger partial charge in [-0.15, -0.1) is 0 Å². The summed E-state index contributed by atoms with van der Waals surface area (Å²) in [5.74, 6) is -1.35. The second-order valence-electron chi connectivity index (χ2n) is 2.89. The number of aliphatic imine (C=N–C) groups is 1. The summed E-state index contributed by atoms with van der Waals surface area (Å²) >= 11 is 1.18. The van der Waals surface area contributed by atoms with E-state index in [1.165, 1.54) is 18.7 Å². The van der Waals surface area contributed by atoms with E-state index in [1.807, 2.05) is 0 Å². The van der Waals surface area contributed by atoms with Gasteiger partial charge in [0.25, 0.3) is 0 Å². The third-order valence-electron chi connectivity index (χ3n) is 1.86. The number of nitrogens with zero attached hydrogens (tertiary/aromatic N) is 2. The average Bonchev–Trinajstić information content (AvgIpc) is 2.24. The van der Waals surface area contributed by atoms with E-state index in [0.717, 1.165) is 12.1 Å². The predicted molar refractivity (Wildman–Crippen MR) is 60.5 cm³/mol. The molecule has 0 aromatic heterocycles. The molecule has 0 atom stereocenters. The Kier molecular flexibility index (Phi) is 4.26. The molecule has 0 bridgehead atoms. The molecule has 0 spiro atoms. The van der Waals surface area contributed by atoms with Crippen LogP contribution in [0.25, 0.3) is 0 Å². The summed E-state index contributed by atoms with van der Waals surface area (Å²) in [6, 6.07) is 1.92. The van der Waals surface area contributed by atoms with Crippen molar-refractivity contribution >= 4 is 22.6 Å². The van der Waals surface area contributed by atoms with Crippen molar-refractivity contribution in [2.75, 3.05) is 6.26 Å². The van der Waals surface area contributed by atoms with Crippen LogP contribution in [0.5, 0.6) is 0 Å². The van der Waals surface area contributed by atoms with Crippen molar-refractivity contribution in [3.8, 4) is 6.19 Å². The van der Waals surface area contributed by atoms with Crippen LogP contribution in [-0.2, 0) is 0 Å². The van der Waals surface area contributed by atoms with Gasteiger partial charge in [-0.3, -0.25) is 5.32 Å². The molecular weight excluding hydrogens is 232 g/mol. The zero-order chi connectivity index (χ0) is 12.1. The van der Waals surface area contributed by atoms with E-state index in [4.69, 9.17) is 5.26 Å². The molecule has 0 fully saturated rings. The number of hydrogen-bond acceptors (Lipinski definition) is 3. The first-order chi connectivity index (χ1) is 7.58. The van der Waals surface area contributed by atoms with Crippen LogP contribution in [0.1, 0.15) is 5.56 Å². The summed E-state index contributed by atoms with van der Waals surface area (Å²) < 4.78 is 26.1. The normalized spacial score (nSPS) is 11.1. The van der Waals surface area contributed by atoms with Crippen molar-refractivity contribution < 1.29 is 8.78 Å². The Morgan fingerprint density at radius 1 is 1.50 bits per heavy atom. The smallest absolute Gasteiger partial charge is 0.183 e. The van der Waals surface area contributed by atoms with Gasteiger partial charge in [-0.1, -0.05) is 11.8 Å². The molecule has 3 nitrogen and oxygen atoms in total. The third kappa shape index (κ3) is 2.94. The van der Waals surface area contributed by atoms with E-state index in [9.17, 15) is 8.78 Å². The van der Waals surface area contributed by atoms with Crippen LogP contribution in [0.4, 0.5) is 14.5 Å².